The molecule has 3 heterocycles. The molecule has 1 aromatic carbocycles. The van der Waals surface area contributed by atoms with E-state index in [0.29, 0.717) is 42.2 Å². The normalized spacial score (nSPS) is 16.7. The highest BCUT2D eigenvalue weighted by molar-refractivity contribution is 6.58. The summed E-state index contributed by atoms with van der Waals surface area (Å²) in [5, 5.41) is 0. The van der Waals surface area contributed by atoms with Crippen LogP contribution in [0, 0.1) is 13.8 Å². The van der Waals surface area contributed by atoms with Crippen molar-refractivity contribution in [2.45, 2.75) is 74.1 Å². The molecule has 0 radical (unpaired) electrons. The highest BCUT2D eigenvalue weighted by Gasteiger charge is 2.56. The van der Waals surface area contributed by atoms with E-state index < -0.39 is 6.97 Å². The van der Waals surface area contributed by atoms with Crippen LogP contribution in [-0.4, -0.2) is 34.2 Å². The van der Waals surface area contributed by atoms with Gasteiger partial charge in [0, 0.05) is 30.7 Å². The number of esters is 1. The summed E-state index contributed by atoms with van der Waals surface area (Å²) in [7, 11) is 0. The van der Waals surface area contributed by atoms with Crippen LogP contribution in [0.1, 0.15) is 81.1 Å². The van der Waals surface area contributed by atoms with Crippen LogP contribution in [0.5, 0.6) is 0 Å². The maximum Gasteiger partial charge on any atom is 0.737 e. The van der Waals surface area contributed by atoms with Crippen molar-refractivity contribution in [1.29, 1.82) is 0 Å². The maximum absolute atomic E-state index is 16.3. The van der Waals surface area contributed by atoms with Gasteiger partial charge >= 0.3 is 12.9 Å². The minimum Gasteiger partial charge on any atom is -0.466 e. The van der Waals surface area contributed by atoms with Gasteiger partial charge in [-0.25, -0.2) is 0 Å². The number of halogens is 2. The molecule has 0 amide bonds. The van der Waals surface area contributed by atoms with Crippen LogP contribution in [0.3, 0.4) is 0 Å². The fraction of sp³-hybridized carbons (Fsp3) is 0.429. The summed E-state index contributed by atoms with van der Waals surface area (Å²) >= 11 is 0. The Bertz CT molecular complexity index is 1300. The quantitative estimate of drug-likeness (QED) is 0.262. The highest BCUT2D eigenvalue weighted by Crippen LogP contribution is 2.47. The molecule has 2 aliphatic heterocycles. The van der Waals surface area contributed by atoms with E-state index in [1.807, 2.05) is 53.7 Å². The van der Waals surface area contributed by atoms with Crippen molar-refractivity contribution in [2.75, 3.05) is 6.61 Å². The third kappa shape index (κ3) is 3.89. The molecule has 2 aromatic rings. The molecule has 4 rings (SSSR count). The number of benzene rings is 1. The molecule has 1 aromatic heterocycles. The van der Waals surface area contributed by atoms with Crippen LogP contribution >= 0.6 is 0 Å². The lowest BCUT2D eigenvalue weighted by atomic mass is 9.83. The fourth-order valence-electron chi connectivity index (χ4n) is 6.08. The second-order valence-corrected chi connectivity index (χ2v) is 9.63. The summed E-state index contributed by atoms with van der Waals surface area (Å²) in [4.78, 5) is 11.0. The van der Waals surface area contributed by atoms with E-state index >= 15 is 8.63 Å². The van der Waals surface area contributed by atoms with E-state index in [-0.39, 0.29) is 5.97 Å². The molecule has 0 unspecified atom stereocenters. The van der Waals surface area contributed by atoms with Crippen LogP contribution < -0.4 is 0 Å². The summed E-state index contributed by atoms with van der Waals surface area (Å²) in [5.74, 6) is -0.271. The predicted octanol–water partition coefficient (Wildman–Crippen LogP) is 6.37. The summed E-state index contributed by atoms with van der Waals surface area (Å²) in [6.07, 6.45) is 2.95. The van der Waals surface area contributed by atoms with Crippen LogP contribution in [0.4, 0.5) is 8.63 Å². The molecule has 0 bridgehead atoms. The molecule has 0 atom stereocenters. The Morgan fingerprint density at radius 1 is 1.06 bits per heavy atom. The molecule has 2 aliphatic rings. The SMILES string of the molecule is CCC1=C(C)C2=C(c3ccc(CCCOC(C)=O)cc3)c3c(C)c(CC)c(C)n3[B-](F)(F)[N+]2=C1C. The lowest BCUT2D eigenvalue weighted by Crippen LogP contribution is -2.51. The maximum atomic E-state index is 16.3. The standard InChI is InChI=1S/C28H35BF2N2O2/c1-8-24-17(3)27-26(23-14-12-22(13-15-23)11-10-16-35-21(7)34)28-18(4)25(9-2)20(6)33(28)29(30,31)32(27)19(24)5/h12-15H,8-11,16H2,1-7H3. The molecular weight excluding hydrogens is 445 g/mol. The van der Waals surface area contributed by atoms with Gasteiger partial charge in [0.1, 0.15) is 5.71 Å². The van der Waals surface area contributed by atoms with E-state index in [1.54, 1.807) is 0 Å². The molecule has 0 aliphatic carbocycles. The molecule has 0 N–H and O–H groups in total. The number of hydrogen-bond donors (Lipinski definition) is 0. The van der Waals surface area contributed by atoms with Gasteiger partial charge in [0.2, 0.25) is 0 Å². The van der Waals surface area contributed by atoms with Crippen molar-refractivity contribution in [3.63, 3.8) is 0 Å². The number of fused-ring (bicyclic) bond motifs is 2. The number of ether oxygens (including phenoxy) is 1. The first-order chi connectivity index (χ1) is 16.6. The molecule has 35 heavy (non-hydrogen) atoms. The minimum absolute atomic E-state index is 0.271. The largest absolute Gasteiger partial charge is 0.737 e. The van der Waals surface area contributed by atoms with Gasteiger partial charge in [-0.15, -0.1) is 0 Å². The number of aromatic nitrogens is 1. The summed E-state index contributed by atoms with van der Waals surface area (Å²) in [6, 6.07) is 8.20. The van der Waals surface area contributed by atoms with Crippen molar-refractivity contribution < 1.29 is 22.6 Å². The summed E-state index contributed by atoms with van der Waals surface area (Å²) < 4.78 is 40.3. The number of nitrogens with zero attached hydrogens (tertiary/aromatic N) is 2. The second-order valence-electron chi connectivity index (χ2n) is 9.63. The Morgan fingerprint density at radius 2 is 1.71 bits per heavy atom. The molecule has 0 saturated heterocycles. The van der Waals surface area contributed by atoms with Gasteiger partial charge < -0.3 is 22.3 Å². The van der Waals surface area contributed by atoms with Gasteiger partial charge in [0.15, 0.2) is 5.70 Å². The van der Waals surface area contributed by atoms with Crippen molar-refractivity contribution in [3.8, 4) is 0 Å². The number of allylic oxidation sites excluding steroid dienone is 2. The molecule has 0 saturated carbocycles. The van der Waals surface area contributed by atoms with Crippen molar-refractivity contribution in [3.05, 3.63) is 74.8 Å². The Labute approximate surface area is 207 Å². The van der Waals surface area contributed by atoms with Crippen LogP contribution in [0.2, 0.25) is 0 Å². The molecule has 0 fully saturated rings. The molecule has 0 spiro atoms. The number of aryl methyl sites for hydroxylation is 1. The number of carbonyl (C=O) groups is 1. The second kappa shape index (κ2) is 9.25. The highest BCUT2D eigenvalue weighted by atomic mass is 19.2. The fourth-order valence-corrected chi connectivity index (χ4v) is 6.08. The zero-order valence-corrected chi connectivity index (χ0v) is 21.9. The van der Waals surface area contributed by atoms with E-state index in [0.717, 1.165) is 51.8 Å². The van der Waals surface area contributed by atoms with Gasteiger partial charge in [-0.3, -0.25) is 4.79 Å². The molecule has 4 nitrogen and oxygen atoms in total. The number of carbonyl (C=O) groups excluding carboxylic acids is 1. The van der Waals surface area contributed by atoms with Crippen LogP contribution in [0.25, 0.3) is 5.57 Å². The van der Waals surface area contributed by atoms with Gasteiger partial charge in [0.25, 0.3) is 0 Å². The Balaban J connectivity index is 1.90. The zero-order chi connectivity index (χ0) is 25.7. The van der Waals surface area contributed by atoms with E-state index in [1.165, 1.54) is 15.9 Å². The topological polar surface area (TPSA) is 34.2 Å². The Hall–Kier alpha value is -2.96. The van der Waals surface area contributed by atoms with Crippen LogP contribution in [-0.2, 0) is 22.4 Å². The lowest BCUT2D eigenvalue weighted by molar-refractivity contribution is -0.363. The average Bonchev–Trinajstić information content (AvgIpc) is 3.22. The lowest BCUT2D eigenvalue weighted by Gasteiger charge is -2.34. The third-order valence-corrected chi connectivity index (χ3v) is 7.65. The van der Waals surface area contributed by atoms with Gasteiger partial charge in [-0.2, -0.15) is 0 Å². The minimum atomic E-state index is -4.01. The Kier molecular flexibility index (Phi) is 6.65. The summed E-state index contributed by atoms with van der Waals surface area (Å²) in [6.45, 7) is 9.47. The Morgan fingerprint density at radius 3 is 2.29 bits per heavy atom. The molecular formula is C28H35BF2N2O2. The predicted molar refractivity (Wildman–Crippen MR) is 138 cm³/mol. The number of rotatable bonds is 7. The average molecular weight is 480 g/mol. The number of hydrogen-bond acceptors (Lipinski definition) is 2. The monoisotopic (exact) mass is 480 g/mol. The third-order valence-electron chi connectivity index (χ3n) is 7.65. The van der Waals surface area contributed by atoms with Gasteiger partial charge in [-0.1, -0.05) is 38.1 Å². The van der Waals surface area contributed by atoms with Crippen molar-refractivity contribution in [1.82, 2.24) is 4.48 Å². The van der Waals surface area contributed by atoms with E-state index in [4.69, 9.17) is 4.74 Å². The van der Waals surface area contributed by atoms with Crippen LogP contribution in [0.15, 0.2) is 41.1 Å². The first-order valence-electron chi connectivity index (χ1n) is 12.6. The van der Waals surface area contributed by atoms with Crippen molar-refractivity contribution >= 4 is 24.2 Å². The zero-order valence-electron chi connectivity index (χ0n) is 21.9. The smallest absolute Gasteiger partial charge is 0.466 e. The van der Waals surface area contributed by atoms with E-state index in [2.05, 4.69) is 12.1 Å². The molecule has 186 valence electrons. The first kappa shape index (κ1) is 25.1. The van der Waals surface area contributed by atoms with Gasteiger partial charge in [-0.05, 0) is 74.4 Å². The first-order valence-corrected chi connectivity index (χ1v) is 12.6. The van der Waals surface area contributed by atoms with Gasteiger partial charge in [0.05, 0.1) is 12.2 Å². The summed E-state index contributed by atoms with van der Waals surface area (Å²) in [5.41, 5.74) is 9.41. The molecule has 7 heteroatoms. The van der Waals surface area contributed by atoms with E-state index in [9.17, 15) is 4.79 Å². The van der Waals surface area contributed by atoms with Crippen molar-refractivity contribution in [2.24, 2.45) is 0 Å².